The molecule has 0 bridgehead atoms. The zero-order valence-corrected chi connectivity index (χ0v) is 37.6. The van der Waals surface area contributed by atoms with Crippen molar-refractivity contribution in [3.8, 4) is 0 Å². The van der Waals surface area contributed by atoms with Crippen LogP contribution in [-0.4, -0.2) is 6.71 Å². The number of anilines is 6. The fraction of sp³-hybridized carbons (Fsp3) is 0.263. The van der Waals surface area contributed by atoms with Crippen molar-refractivity contribution >= 4 is 79.2 Å². The molecule has 61 heavy (non-hydrogen) atoms. The molecule has 1 aromatic heterocycles. The minimum atomic E-state index is -0.217. The number of hydrogen-bond donors (Lipinski definition) is 0. The van der Waals surface area contributed by atoms with E-state index < -0.39 is 0 Å². The van der Waals surface area contributed by atoms with Gasteiger partial charge in [0.1, 0.15) is 5.58 Å². The maximum atomic E-state index is 6.91. The number of para-hydroxylation sites is 2. The van der Waals surface area contributed by atoms with Gasteiger partial charge in [-0.3, -0.25) is 0 Å². The van der Waals surface area contributed by atoms with Gasteiger partial charge in [-0.05, 0) is 122 Å². The second kappa shape index (κ2) is 12.5. The third-order valence-electron chi connectivity index (χ3n) is 14.5. The first-order valence-electron chi connectivity index (χ1n) is 22.1. The fourth-order valence-electron chi connectivity index (χ4n) is 11.1. The minimum absolute atomic E-state index is 0.00416. The van der Waals surface area contributed by atoms with E-state index in [9.17, 15) is 0 Å². The van der Waals surface area contributed by atoms with Crippen molar-refractivity contribution in [2.45, 2.75) is 97.8 Å². The maximum Gasteiger partial charge on any atom is 0.252 e. The van der Waals surface area contributed by atoms with Gasteiger partial charge in [0.2, 0.25) is 0 Å². The largest absolute Gasteiger partial charge is 0.454 e. The van der Waals surface area contributed by atoms with Crippen molar-refractivity contribution in [1.29, 1.82) is 0 Å². The Morgan fingerprint density at radius 1 is 0.475 bits per heavy atom. The van der Waals surface area contributed by atoms with Crippen molar-refractivity contribution in [1.82, 2.24) is 0 Å². The summed E-state index contributed by atoms with van der Waals surface area (Å²) in [5.41, 5.74) is 22.1. The van der Waals surface area contributed by atoms with Gasteiger partial charge >= 0.3 is 0 Å². The molecule has 0 unspecified atom stereocenters. The molecule has 0 N–H and O–H groups in total. The van der Waals surface area contributed by atoms with Gasteiger partial charge in [0.25, 0.3) is 6.71 Å². The third-order valence-corrected chi connectivity index (χ3v) is 14.5. The van der Waals surface area contributed by atoms with Crippen LogP contribution in [-0.2, 0) is 21.7 Å². The van der Waals surface area contributed by atoms with E-state index in [1.807, 2.05) is 0 Å². The lowest BCUT2D eigenvalue weighted by Crippen LogP contribution is -2.62. The monoisotopic (exact) mass is 794 g/mol. The van der Waals surface area contributed by atoms with E-state index in [-0.39, 0.29) is 28.4 Å². The third kappa shape index (κ3) is 5.36. The first-order valence-corrected chi connectivity index (χ1v) is 22.1. The van der Waals surface area contributed by atoms with Gasteiger partial charge in [-0.2, -0.15) is 0 Å². The minimum Gasteiger partial charge on any atom is -0.454 e. The Labute approximate surface area is 362 Å². The summed E-state index contributed by atoms with van der Waals surface area (Å²) in [6.45, 7) is 25.9. The number of nitrogens with zero attached hydrogens (tertiary/aromatic N) is 2. The van der Waals surface area contributed by atoms with Crippen molar-refractivity contribution < 1.29 is 4.42 Å². The number of aryl methyl sites for hydroxylation is 1. The molecule has 0 spiro atoms. The molecule has 3 nitrogen and oxygen atoms in total. The average molecular weight is 795 g/mol. The molecular formula is C57H55BN2O. The Morgan fingerprint density at radius 3 is 1.72 bits per heavy atom. The molecular weight excluding hydrogens is 739 g/mol. The summed E-state index contributed by atoms with van der Waals surface area (Å²) in [6.07, 6.45) is 0. The van der Waals surface area contributed by atoms with Crippen molar-refractivity contribution in [3.05, 3.63) is 172 Å². The van der Waals surface area contributed by atoms with Gasteiger partial charge in [0.15, 0.2) is 5.58 Å². The molecule has 3 heterocycles. The highest BCUT2D eigenvalue weighted by atomic mass is 16.3. The van der Waals surface area contributed by atoms with E-state index in [0.717, 1.165) is 27.6 Å². The van der Waals surface area contributed by atoms with Crippen LogP contribution in [0.15, 0.2) is 138 Å². The molecule has 0 fully saturated rings. The number of rotatable bonds is 2. The summed E-state index contributed by atoms with van der Waals surface area (Å²) in [5.74, 6) is 0. The molecule has 4 heteroatoms. The molecule has 8 aromatic rings. The van der Waals surface area contributed by atoms with Crippen LogP contribution in [0, 0.1) is 6.92 Å². The average Bonchev–Trinajstić information content (AvgIpc) is 3.61. The van der Waals surface area contributed by atoms with Crippen molar-refractivity contribution in [2.24, 2.45) is 0 Å². The number of benzene rings is 7. The van der Waals surface area contributed by atoms with Crippen LogP contribution in [0.2, 0.25) is 0 Å². The summed E-state index contributed by atoms with van der Waals surface area (Å²) in [4.78, 5) is 5.11. The zero-order valence-electron chi connectivity index (χ0n) is 37.6. The smallest absolute Gasteiger partial charge is 0.252 e. The lowest BCUT2D eigenvalue weighted by Gasteiger charge is -2.48. The van der Waals surface area contributed by atoms with E-state index in [4.69, 9.17) is 4.42 Å². The molecule has 0 amide bonds. The summed E-state index contributed by atoms with van der Waals surface area (Å²) >= 11 is 0. The van der Waals surface area contributed by atoms with Crippen LogP contribution in [0.1, 0.15) is 108 Å². The van der Waals surface area contributed by atoms with E-state index in [1.54, 1.807) is 0 Å². The van der Waals surface area contributed by atoms with Crippen molar-refractivity contribution in [2.75, 3.05) is 9.80 Å². The van der Waals surface area contributed by atoms with Gasteiger partial charge < -0.3 is 14.2 Å². The summed E-state index contributed by atoms with van der Waals surface area (Å²) in [5, 5.41) is 2.27. The van der Waals surface area contributed by atoms with E-state index in [1.165, 1.54) is 83.8 Å². The van der Waals surface area contributed by atoms with E-state index in [2.05, 4.69) is 219 Å². The Hall–Kier alpha value is -6.00. The molecule has 0 radical (unpaired) electrons. The predicted octanol–water partition coefficient (Wildman–Crippen LogP) is 13.5. The van der Waals surface area contributed by atoms with Crippen molar-refractivity contribution in [3.63, 3.8) is 0 Å². The lowest BCUT2D eigenvalue weighted by atomic mass is 9.33. The Bertz CT molecular complexity index is 3130. The number of fused-ring (bicyclic) bond motifs is 9. The molecule has 1 aliphatic carbocycles. The Kier molecular flexibility index (Phi) is 7.80. The SMILES string of the molecule is Cc1cc2c3c(c1)N(c1cccc4c1oc1ccccc14)c1cc4c(cc1B3c1cc(C(C)(C)C)ccc1N2c1ccc(C(C)(C)C)cc1)C(C)(C)c1ccccc1C4(C)C. The lowest BCUT2D eigenvalue weighted by molar-refractivity contribution is 0.521. The standard InChI is InChI=1S/C57H55BN2O/c1-34-29-49-52-50(30-34)60(47-21-16-18-39-38-17-12-15-22-51(38)61-53(39)47)48-33-43-42(56(8,9)40-19-13-14-20-41(40)57(43,10)11)32-45(48)58(52)44-31-36(55(5,6)7)25-28-46(44)59(49)37-26-23-35(24-27-37)54(2,3)4/h12-33H,1-11H3. The van der Waals surface area contributed by atoms with Gasteiger partial charge in [-0.1, -0.05) is 154 Å². The molecule has 0 saturated carbocycles. The van der Waals surface area contributed by atoms with Crippen LogP contribution in [0.5, 0.6) is 0 Å². The molecule has 11 rings (SSSR count). The second-order valence-corrected chi connectivity index (χ2v) is 21.1. The van der Waals surface area contributed by atoms with Gasteiger partial charge in [0.05, 0.1) is 5.69 Å². The van der Waals surface area contributed by atoms with Crippen LogP contribution >= 0.6 is 0 Å². The van der Waals surface area contributed by atoms with E-state index >= 15 is 0 Å². The normalized spacial score (nSPS) is 16.0. The fourth-order valence-corrected chi connectivity index (χ4v) is 11.1. The predicted molar refractivity (Wildman–Crippen MR) is 261 cm³/mol. The molecule has 3 aliphatic rings. The Morgan fingerprint density at radius 2 is 1.05 bits per heavy atom. The quantitative estimate of drug-likeness (QED) is 0.163. The maximum absolute atomic E-state index is 6.91. The van der Waals surface area contributed by atoms with Gasteiger partial charge in [-0.15, -0.1) is 0 Å². The van der Waals surface area contributed by atoms with E-state index in [0.29, 0.717) is 0 Å². The summed E-state index contributed by atoms with van der Waals surface area (Å²) in [6, 6.07) is 51.0. The summed E-state index contributed by atoms with van der Waals surface area (Å²) < 4.78 is 6.91. The summed E-state index contributed by atoms with van der Waals surface area (Å²) in [7, 11) is 0. The highest BCUT2D eigenvalue weighted by molar-refractivity contribution is 7.00. The van der Waals surface area contributed by atoms with Gasteiger partial charge in [-0.25, -0.2) is 0 Å². The van der Waals surface area contributed by atoms with Crippen LogP contribution in [0.3, 0.4) is 0 Å². The number of furan rings is 1. The topological polar surface area (TPSA) is 19.6 Å². The van der Waals surface area contributed by atoms with Crippen LogP contribution in [0.25, 0.3) is 21.9 Å². The molecule has 0 saturated heterocycles. The first-order chi connectivity index (χ1) is 28.9. The first kappa shape index (κ1) is 38.0. The second-order valence-electron chi connectivity index (χ2n) is 21.1. The molecule has 302 valence electrons. The van der Waals surface area contributed by atoms with Crippen LogP contribution < -0.4 is 26.2 Å². The molecule has 2 aliphatic heterocycles. The Balaban J connectivity index is 1.28. The molecule has 7 aromatic carbocycles. The highest BCUT2D eigenvalue weighted by Gasteiger charge is 2.48. The number of hydrogen-bond acceptors (Lipinski definition) is 3. The molecule has 0 atom stereocenters. The van der Waals surface area contributed by atoms with Gasteiger partial charge in [0, 0.05) is 50.0 Å². The highest BCUT2D eigenvalue weighted by Crippen LogP contribution is 2.53. The van der Waals surface area contributed by atoms with Crippen LogP contribution in [0.4, 0.5) is 34.1 Å². The zero-order chi connectivity index (χ0) is 42.5.